The first-order chi connectivity index (χ1) is 9.10. The molecule has 1 aromatic heterocycles. The predicted molar refractivity (Wildman–Crippen MR) is 87.1 cm³/mol. The van der Waals surface area contributed by atoms with Crippen LogP contribution in [0.5, 0.6) is 0 Å². The van der Waals surface area contributed by atoms with Gasteiger partial charge in [0, 0.05) is 11.6 Å². The third kappa shape index (κ3) is 4.04. The number of nitrogens with zero attached hydrogens (tertiary/aromatic N) is 1. The molecule has 0 amide bonds. The summed E-state index contributed by atoms with van der Waals surface area (Å²) in [6.07, 6.45) is 4.77. The maximum absolute atomic E-state index is 3.73. The highest BCUT2D eigenvalue weighted by atomic mass is 32.1. The van der Waals surface area contributed by atoms with Crippen LogP contribution in [0.25, 0.3) is 0 Å². The van der Waals surface area contributed by atoms with E-state index in [1.165, 1.54) is 31.2 Å². The van der Waals surface area contributed by atoms with Crippen LogP contribution in [0.1, 0.15) is 45.6 Å². The summed E-state index contributed by atoms with van der Waals surface area (Å²) in [6.45, 7) is 7.89. The summed E-state index contributed by atoms with van der Waals surface area (Å²) in [5.74, 6) is 0. The normalized spacial score (nSPS) is 14.0. The van der Waals surface area contributed by atoms with Gasteiger partial charge in [0.15, 0.2) is 0 Å². The van der Waals surface area contributed by atoms with Gasteiger partial charge in [0.1, 0.15) is 0 Å². The van der Waals surface area contributed by atoms with Crippen molar-refractivity contribution in [2.24, 2.45) is 0 Å². The first-order valence-corrected chi connectivity index (χ1v) is 8.46. The second-order valence-corrected chi connectivity index (χ2v) is 6.27. The van der Waals surface area contributed by atoms with Gasteiger partial charge in [-0.05, 0) is 68.7 Å². The molecule has 1 atom stereocenters. The molecule has 2 nitrogen and oxygen atoms in total. The van der Waals surface area contributed by atoms with Crippen LogP contribution in [0.15, 0.2) is 16.8 Å². The maximum atomic E-state index is 3.73. The molecule has 3 heteroatoms. The van der Waals surface area contributed by atoms with Gasteiger partial charge in [-0.3, -0.25) is 0 Å². The van der Waals surface area contributed by atoms with E-state index in [2.05, 4.69) is 61.9 Å². The number of nitrogens with one attached hydrogen (secondary N) is 1. The van der Waals surface area contributed by atoms with Crippen LogP contribution in [0, 0.1) is 0 Å². The molecule has 0 spiro atoms. The number of hydrogen-bond acceptors (Lipinski definition) is 3. The van der Waals surface area contributed by atoms with Gasteiger partial charge in [-0.25, -0.2) is 0 Å². The quantitative estimate of drug-likeness (QED) is 0.741. The Morgan fingerprint density at radius 3 is 2.37 bits per heavy atom. The highest BCUT2D eigenvalue weighted by Gasteiger charge is 2.36. The standard InChI is InChI=1S/C16H30N2S/c1-6-16(7-2,18(4)5)15(17-8-3)10-9-14-11-12-19-13-14/h11-13,15,17H,6-10H2,1-5H3. The van der Waals surface area contributed by atoms with Crippen LogP contribution < -0.4 is 5.32 Å². The van der Waals surface area contributed by atoms with Crippen molar-refractivity contribution in [3.63, 3.8) is 0 Å². The fraction of sp³-hybridized carbons (Fsp3) is 0.750. The van der Waals surface area contributed by atoms with E-state index in [4.69, 9.17) is 0 Å². The van der Waals surface area contributed by atoms with Gasteiger partial charge in [0.05, 0.1) is 0 Å². The summed E-state index contributed by atoms with van der Waals surface area (Å²) in [4.78, 5) is 2.42. The average molecular weight is 282 g/mol. The highest BCUT2D eigenvalue weighted by molar-refractivity contribution is 7.07. The molecule has 1 heterocycles. The third-order valence-electron chi connectivity index (χ3n) is 4.52. The molecule has 1 rings (SSSR count). The Morgan fingerprint density at radius 2 is 1.95 bits per heavy atom. The summed E-state index contributed by atoms with van der Waals surface area (Å²) >= 11 is 1.80. The maximum Gasteiger partial charge on any atom is 0.0351 e. The molecule has 1 unspecified atom stereocenters. The Labute approximate surface area is 123 Å². The Morgan fingerprint density at radius 1 is 1.26 bits per heavy atom. The lowest BCUT2D eigenvalue weighted by Crippen LogP contribution is -2.58. The fourth-order valence-electron chi connectivity index (χ4n) is 3.24. The zero-order chi connectivity index (χ0) is 14.3. The molecule has 0 saturated heterocycles. The van der Waals surface area contributed by atoms with Crippen molar-refractivity contribution >= 4 is 11.3 Å². The molecule has 0 aromatic carbocycles. The highest BCUT2D eigenvalue weighted by Crippen LogP contribution is 2.28. The molecule has 0 aliphatic carbocycles. The van der Waals surface area contributed by atoms with Crippen molar-refractivity contribution in [1.82, 2.24) is 10.2 Å². The van der Waals surface area contributed by atoms with E-state index in [1.807, 2.05) is 0 Å². The van der Waals surface area contributed by atoms with Crippen LogP contribution in [-0.2, 0) is 6.42 Å². The van der Waals surface area contributed by atoms with Crippen molar-refractivity contribution in [2.75, 3.05) is 20.6 Å². The van der Waals surface area contributed by atoms with E-state index >= 15 is 0 Å². The van der Waals surface area contributed by atoms with E-state index in [0.717, 1.165) is 6.54 Å². The van der Waals surface area contributed by atoms with Crippen LogP contribution >= 0.6 is 11.3 Å². The molecule has 0 aliphatic heterocycles. The smallest absolute Gasteiger partial charge is 0.0351 e. The number of rotatable bonds is 9. The number of aryl methyl sites for hydroxylation is 1. The summed E-state index contributed by atoms with van der Waals surface area (Å²) in [5.41, 5.74) is 1.75. The molecule has 0 aliphatic rings. The Kier molecular flexibility index (Phi) is 7.05. The van der Waals surface area contributed by atoms with Gasteiger partial charge < -0.3 is 10.2 Å². The topological polar surface area (TPSA) is 15.3 Å². The lowest BCUT2D eigenvalue weighted by molar-refractivity contribution is 0.0850. The van der Waals surface area contributed by atoms with Gasteiger partial charge in [0.25, 0.3) is 0 Å². The van der Waals surface area contributed by atoms with Crippen molar-refractivity contribution in [1.29, 1.82) is 0 Å². The Balaban J connectivity index is 2.78. The van der Waals surface area contributed by atoms with Crippen LogP contribution in [-0.4, -0.2) is 37.1 Å². The zero-order valence-corrected chi connectivity index (χ0v) is 14.0. The molecule has 0 saturated carbocycles. The lowest BCUT2D eigenvalue weighted by atomic mass is 9.80. The van der Waals surface area contributed by atoms with Crippen LogP contribution in [0.4, 0.5) is 0 Å². The van der Waals surface area contributed by atoms with E-state index in [-0.39, 0.29) is 5.54 Å². The van der Waals surface area contributed by atoms with Crippen molar-refractivity contribution < 1.29 is 0 Å². The molecule has 0 bridgehead atoms. The molecule has 1 N–H and O–H groups in total. The van der Waals surface area contributed by atoms with E-state index in [0.29, 0.717) is 6.04 Å². The number of hydrogen-bond donors (Lipinski definition) is 1. The lowest BCUT2D eigenvalue weighted by Gasteiger charge is -2.45. The number of thiophene rings is 1. The second kappa shape index (κ2) is 8.03. The minimum absolute atomic E-state index is 0.270. The minimum Gasteiger partial charge on any atom is -0.312 e. The first kappa shape index (κ1) is 16.7. The van der Waals surface area contributed by atoms with Gasteiger partial charge in [-0.2, -0.15) is 11.3 Å². The van der Waals surface area contributed by atoms with Crippen LogP contribution in [0.3, 0.4) is 0 Å². The number of likely N-dealkylation sites (N-methyl/N-ethyl adjacent to an activating group) is 2. The van der Waals surface area contributed by atoms with Gasteiger partial charge in [0.2, 0.25) is 0 Å². The van der Waals surface area contributed by atoms with Crippen molar-refractivity contribution in [3.05, 3.63) is 22.4 Å². The fourth-order valence-corrected chi connectivity index (χ4v) is 3.94. The monoisotopic (exact) mass is 282 g/mol. The first-order valence-electron chi connectivity index (χ1n) is 7.52. The summed E-state index contributed by atoms with van der Waals surface area (Å²) in [5, 5.41) is 8.18. The van der Waals surface area contributed by atoms with E-state index < -0.39 is 0 Å². The molecule has 19 heavy (non-hydrogen) atoms. The molecule has 1 aromatic rings. The molecular formula is C16H30N2S. The van der Waals surface area contributed by atoms with Crippen molar-refractivity contribution in [2.45, 2.75) is 58.0 Å². The molecule has 110 valence electrons. The van der Waals surface area contributed by atoms with Gasteiger partial charge in [-0.1, -0.05) is 20.8 Å². The molecule has 0 fully saturated rings. The van der Waals surface area contributed by atoms with Gasteiger partial charge >= 0.3 is 0 Å². The Bertz CT molecular complexity index is 329. The van der Waals surface area contributed by atoms with E-state index in [1.54, 1.807) is 11.3 Å². The third-order valence-corrected chi connectivity index (χ3v) is 5.25. The SMILES string of the molecule is CCNC(CCc1ccsc1)C(CC)(CC)N(C)C. The Hall–Kier alpha value is -0.380. The van der Waals surface area contributed by atoms with Crippen molar-refractivity contribution in [3.8, 4) is 0 Å². The molecule has 0 radical (unpaired) electrons. The predicted octanol–water partition coefficient (Wildman–Crippen LogP) is 3.78. The zero-order valence-electron chi connectivity index (χ0n) is 13.2. The summed E-state index contributed by atoms with van der Waals surface area (Å²) in [6, 6.07) is 2.81. The van der Waals surface area contributed by atoms with Gasteiger partial charge in [-0.15, -0.1) is 0 Å². The molecular weight excluding hydrogens is 252 g/mol. The average Bonchev–Trinajstić information content (AvgIpc) is 2.90. The van der Waals surface area contributed by atoms with E-state index in [9.17, 15) is 0 Å². The largest absolute Gasteiger partial charge is 0.312 e. The summed E-state index contributed by atoms with van der Waals surface area (Å²) < 4.78 is 0. The van der Waals surface area contributed by atoms with Crippen LogP contribution in [0.2, 0.25) is 0 Å². The summed E-state index contributed by atoms with van der Waals surface area (Å²) in [7, 11) is 4.45. The minimum atomic E-state index is 0.270. The second-order valence-electron chi connectivity index (χ2n) is 5.49.